The highest BCUT2D eigenvalue weighted by Crippen LogP contribution is 2.25. The zero-order valence-corrected chi connectivity index (χ0v) is 21.9. The van der Waals surface area contributed by atoms with Crippen molar-refractivity contribution in [2.24, 2.45) is 13.0 Å². The molecule has 0 aliphatic carbocycles. The fourth-order valence-electron chi connectivity index (χ4n) is 3.16. The Kier molecular flexibility index (Phi) is 8.56. The molecular weight excluding hydrogens is 526 g/mol. The van der Waals surface area contributed by atoms with Crippen LogP contribution in [-0.2, 0) is 11.8 Å². The predicted molar refractivity (Wildman–Crippen MR) is 136 cm³/mol. The molecule has 2 aromatic carbocycles. The summed E-state index contributed by atoms with van der Waals surface area (Å²) >= 11 is 10.6. The first-order valence-corrected chi connectivity index (χ1v) is 12.5. The van der Waals surface area contributed by atoms with E-state index in [1.807, 2.05) is 50.6 Å². The Bertz CT molecular complexity index is 1150. The molecule has 3 rings (SSSR count). The minimum Gasteiger partial charge on any atom is -0.342 e. The fourth-order valence-corrected chi connectivity index (χ4v) is 4.48. The van der Waals surface area contributed by atoms with Crippen molar-refractivity contribution >= 4 is 56.8 Å². The number of hydrogen-bond donors (Lipinski definition) is 2. The SMILES string of the molecule is Cc1cc(Br)ccc1NC(=O)CSc1nnc([C@H](NC(=O)c2ccc(Cl)cc2)C(C)C)n1C. The molecule has 33 heavy (non-hydrogen) atoms. The average molecular weight is 551 g/mol. The number of nitrogens with one attached hydrogen (secondary N) is 2. The Morgan fingerprint density at radius 1 is 1.15 bits per heavy atom. The molecule has 2 N–H and O–H groups in total. The molecule has 174 valence electrons. The van der Waals surface area contributed by atoms with Crippen LogP contribution in [0.25, 0.3) is 0 Å². The van der Waals surface area contributed by atoms with Gasteiger partial charge in [-0.25, -0.2) is 0 Å². The van der Waals surface area contributed by atoms with Crippen LogP contribution in [0.15, 0.2) is 52.1 Å². The predicted octanol–water partition coefficient (Wildman–Crippen LogP) is 5.40. The van der Waals surface area contributed by atoms with Crippen LogP contribution in [-0.4, -0.2) is 32.3 Å². The molecule has 0 radical (unpaired) electrons. The lowest BCUT2D eigenvalue weighted by atomic mass is 10.0. The first-order chi connectivity index (χ1) is 15.7. The maximum absolute atomic E-state index is 12.7. The first-order valence-electron chi connectivity index (χ1n) is 10.3. The van der Waals surface area contributed by atoms with Crippen LogP contribution >= 0.6 is 39.3 Å². The second-order valence-corrected chi connectivity index (χ2v) is 10.2. The number of anilines is 1. The van der Waals surface area contributed by atoms with Crippen molar-refractivity contribution < 1.29 is 9.59 Å². The normalized spacial score (nSPS) is 12.0. The molecule has 10 heteroatoms. The number of aromatic nitrogens is 3. The molecule has 2 amide bonds. The third kappa shape index (κ3) is 6.59. The molecule has 0 bridgehead atoms. The smallest absolute Gasteiger partial charge is 0.251 e. The van der Waals surface area contributed by atoms with Crippen molar-refractivity contribution in [1.82, 2.24) is 20.1 Å². The van der Waals surface area contributed by atoms with Gasteiger partial charge in [0.05, 0.1) is 11.8 Å². The van der Waals surface area contributed by atoms with Crippen LogP contribution in [0.5, 0.6) is 0 Å². The number of carbonyl (C=O) groups excluding carboxylic acids is 2. The van der Waals surface area contributed by atoms with Crippen molar-refractivity contribution in [3.8, 4) is 0 Å². The minimum atomic E-state index is -0.348. The van der Waals surface area contributed by atoms with Gasteiger partial charge in [-0.15, -0.1) is 10.2 Å². The number of nitrogens with zero attached hydrogens (tertiary/aromatic N) is 3. The molecule has 0 spiro atoms. The largest absolute Gasteiger partial charge is 0.342 e. The zero-order valence-electron chi connectivity index (χ0n) is 18.7. The third-order valence-electron chi connectivity index (χ3n) is 5.00. The van der Waals surface area contributed by atoms with Crippen molar-refractivity contribution in [3.63, 3.8) is 0 Å². The van der Waals surface area contributed by atoms with Crippen LogP contribution in [0.1, 0.15) is 41.6 Å². The summed E-state index contributed by atoms with van der Waals surface area (Å²) in [7, 11) is 1.83. The van der Waals surface area contributed by atoms with E-state index in [9.17, 15) is 9.59 Å². The first kappa shape index (κ1) is 25.3. The van der Waals surface area contributed by atoms with Crippen LogP contribution in [0.3, 0.4) is 0 Å². The van der Waals surface area contributed by atoms with Gasteiger partial charge in [0.2, 0.25) is 5.91 Å². The van der Waals surface area contributed by atoms with Gasteiger partial charge in [-0.2, -0.15) is 0 Å². The summed E-state index contributed by atoms with van der Waals surface area (Å²) in [5.41, 5.74) is 2.26. The Balaban J connectivity index is 1.66. The van der Waals surface area contributed by atoms with E-state index >= 15 is 0 Å². The summed E-state index contributed by atoms with van der Waals surface area (Å²) in [6, 6.07) is 12.1. The van der Waals surface area contributed by atoms with Crippen molar-refractivity contribution in [2.75, 3.05) is 11.1 Å². The van der Waals surface area contributed by atoms with Gasteiger partial charge in [0.25, 0.3) is 5.91 Å². The summed E-state index contributed by atoms with van der Waals surface area (Å²) in [4.78, 5) is 25.2. The van der Waals surface area contributed by atoms with Gasteiger partial charge in [0.15, 0.2) is 11.0 Å². The number of aryl methyl sites for hydroxylation is 1. The fraction of sp³-hybridized carbons (Fsp3) is 0.304. The molecule has 0 saturated heterocycles. The van der Waals surface area contributed by atoms with Crippen LogP contribution in [0.2, 0.25) is 5.02 Å². The molecule has 0 fully saturated rings. The van der Waals surface area contributed by atoms with Gasteiger partial charge in [-0.3, -0.25) is 9.59 Å². The molecule has 1 atom stereocenters. The Hall–Kier alpha value is -2.36. The topological polar surface area (TPSA) is 88.9 Å². The summed E-state index contributed by atoms with van der Waals surface area (Å²) < 4.78 is 2.78. The third-order valence-corrected chi connectivity index (χ3v) is 6.77. The van der Waals surface area contributed by atoms with E-state index in [2.05, 4.69) is 36.8 Å². The number of benzene rings is 2. The summed E-state index contributed by atoms with van der Waals surface area (Å²) in [5.74, 6) is 0.535. The number of halogens is 2. The molecule has 0 aliphatic heterocycles. The minimum absolute atomic E-state index is 0.0747. The standard InChI is InChI=1S/C23H25BrClN5O2S/c1-13(2)20(27-22(32)15-5-8-17(25)9-6-15)21-28-29-23(30(21)4)33-12-19(31)26-18-10-7-16(24)11-14(18)3/h5-11,13,20H,12H2,1-4H3,(H,26,31)(H,27,32)/t20-/m1/s1. The molecule has 0 unspecified atom stereocenters. The van der Waals surface area contributed by atoms with Crippen molar-refractivity contribution in [3.05, 3.63) is 68.9 Å². The number of thioether (sulfide) groups is 1. The Morgan fingerprint density at radius 3 is 2.48 bits per heavy atom. The van der Waals surface area contributed by atoms with Crippen molar-refractivity contribution in [2.45, 2.75) is 32.0 Å². The average Bonchev–Trinajstić information content (AvgIpc) is 3.12. The maximum Gasteiger partial charge on any atom is 0.251 e. The van der Waals surface area contributed by atoms with Gasteiger partial charge in [-0.1, -0.05) is 53.1 Å². The van der Waals surface area contributed by atoms with E-state index in [4.69, 9.17) is 11.6 Å². The van der Waals surface area contributed by atoms with E-state index < -0.39 is 0 Å². The molecule has 3 aromatic rings. The van der Waals surface area contributed by atoms with E-state index in [0.29, 0.717) is 21.6 Å². The Labute approximate surface area is 210 Å². The molecule has 0 saturated carbocycles. The highest BCUT2D eigenvalue weighted by molar-refractivity contribution is 9.10. The summed E-state index contributed by atoms with van der Waals surface area (Å²) in [6.45, 7) is 5.94. The van der Waals surface area contributed by atoms with Crippen LogP contribution in [0, 0.1) is 12.8 Å². The quantitative estimate of drug-likeness (QED) is 0.367. The van der Waals surface area contributed by atoms with Gasteiger partial charge in [0.1, 0.15) is 0 Å². The van der Waals surface area contributed by atoms with E-state index in [1.54, 1.807) is 24.3 Å². The number of rotatable bonds is 8. The summed E-state index contributed by atoms with van der Waals surface area (Å²) in [5, 5.41) is 15.7. The second-order valence-electron chi connectivity index (χ2n) is 7.90. The highest BCUT2D eigenvalue weighted by atomic mass is 79.9. The molecular formula is C23H25BrClN5O2S. The van der Waals surface area contributed by atoms with E-state index in [1.165, 1.54) is 11.8 Å². The second kappa shape index (κ2) is 11.2. The number of carbonyl (C=O) groups is 2. The lowest BCUT2D eigenvalue weighted by Gasteiger charge is -2.21. The van der Waals surface area contributed by atoms with E-state index in [0.717, 1.165) is 15.7 Å². The number of hydrogen-bond acceptors (Lipinski definition) is 5. The summed E-state index contributed by atoms with van der Waals surface area (Å²) in [6.07, 6.45) is 0. The van der Waals surface area contributed by atoms with Crippen LogP contribution in [0.4, 0.5) is 5.69 Å². The van der Waals surface area contributed by atoms with Crippen LogP contribution < -0.4 is 10.6 Å². The molecule has 7 nitrogen and oxygen atoms in total. The zero-order chi connectivity index (χ0) is 24.1. The van der Waals surface area contributed by atoms with Gasteiger partial charge in [-0.05, 0) is 60.9 Å². The van der Waals surface area contributed by atoms with Crippen molar-refractivity contribution in [1.29, 1.82) is 0 Å². The lowest BCUT2D eigenvalue weighted by molar-refractivity contribution is -0.113. The van der Waals surface area contributed by atoms with Gasteiger partial charge >= 0.3 is 0 Å². The Morgan fingerprint density at radius 2 is 1.85 bits per heavy atom. The maximum atomic E-state index is 12.7. The molecule has 1 heterocycles. The van der Waals surface area contributed by atoms with Gasteiger partial charge < -0.3 is 15.2 Å². The monoisotopic (exact) mass is 549 g/mol. The lowest BCUT2D eigenvalue weighted by Crippen LogP contribution is -2.33. The molecule has 0 aliphatic rings. The van der Waals surface area contributed by atoms with E-state index in [-0.39, 0.29) is 29.5 Å². The molecule has 1 aromatic heterocycles. The highest BCUT2D eigenvalue weighted by Gasteiger charge is 2.25. The number of amides is 2. The van der Waals surface area contributed by atoms with Gasteiger partial charge in [0, 0.05) is 27.8 Å².